The van der Waals surface area contributed by atoms with Crippen LogP contribution in [-0.4, -0.2) is 43.3 Å². The topological polar surface area (TPSA) is 41.9 Å². The molecule has 1 amide bonds. The van der Waals surface area contributed by atoms with Gasteiger partial charge in [0, 0.05) is 19.4 Å². The van der Waals surface area contributed by atoms with Gasteiger partial charge in [0.25, 0.3) is 0 Å². The molecule has 19 heavy (non-hydrogen) atoms. The maximum atomic E-state index is 11.9. The average molecular weight is 266 g/mol. The first-order chi connectivity index (χ1) is 9.08. The number of aliphatic imine (C=N–C) groups is 1. The minimum absolute atomic E-state index is 0.00203. The summed E-state index contributed by atoms with van der Waals surface area (Å²) in [5.41, 5.74) is 1.76. The second kappa shape index (κ2) is 10.5. The summed E-state index contributed by atoms with van der Waals surface area (Å²) in [6.07, 6.45) is 5.56. The van der Waals surface area contributed by atoms with Gasteiger partial charge < -0.3 is 9.64 Å². The van der Waals surface area contributed by atoms with Gasteiger partial charge in [-0.2, -0.15) is 0 Å². The molecule has 0 rings (SSSR count). The average Bonchev–Trinajstić information content (AvgIpc) is 2.38. The Morgan fingerprint density at radius 2 is 2.11 bits per heavy atom. The van der Waals surface area contributed by atoms with Gasteiger partial charge in [-0.05, 0) is 25.8 Å². The maximum Gasteiger partial charge on any atom is 0.248 e. The van der Waals surface area contributed by atoms with Gasteiger partial charge in [0.2, 0.25) is 5.91 Å². The Balaban J connectivity index is 4.89. The molecule has 0 radical (unpaired) electrons. The van der Waals surface area contributed by atoms with Crippen LogP contribution in [0.4, 0.5) is 0 Å². The SMILES string of the molecule is C=CC(C)=N/C(=C\CC)CN(CCC)C(=O)COC. The maximum absolute atomic E-state index is 11.9. The van der Waals surface area contributed by atoms with Gasteiger partial charge in [-0.15, -0.1) is 0 Å². The predicted octanol–water partition coefficient (Wildman–Crippen LogP) is 2.81. The third-order valence-electron chi connectivity index (χ3n) is 2.52. The molecule has 0 heterocycles. The Labute approximate surface area is 116 Å². The number of carbonyl (C=O) groups excluding carboxylic acids is 1. The molecule has 0 aromatic rings. The van der Waals surface area contributed by atoms with Gasteiger partial charge in [-0.3, -0.25) is 9.79 Å². The first-order valence-corrected chi connectivity index (χ1v) is 6.72. The summed E-state index contributed by atoms with van der Waals surface area (Å²) in [7, 11) is 1.53. The summed E-state index contributed by atoms with van der Waals surface area (Å²) in [4.78, 5) is 18.2. The number of hydrogen-bond acceptors (Lipinski definition) is 3. The van der Waals surface area contributed by atoms with Crippen molar-refractivity contribution in [2.75, 3.05) is 26.8 Å². The number of nitrogens with zero attached hydrogens (tertiary/aromatic N) is 2. The lowest BCUT2D eigenvalue weighted by atomic mass is 10.3. The molecule has 4 heteroatoms. The molecule has 0 aliphatic rings. The minimum atomic E-state index is -0.00203. The third-order valence-corrected chi connectivity index (χ3v) is 2.52. The molecule has 108 valence electrons. The Morgan fingerprint density at radius 3 is 2.58 bits per heavy atom. The van der Waals surface area contributed by atoms with Crippen LogP contribution in [0.3, 0.4) is 0 Å². The second-order valence-corrected chi connectivity index (χ2v) is 4.31. The zero-order valence-corrected chi connectivity index (χ0v) is 12.6. The van der Waals surface area contributed by atoms with E-state index in [0.717, 1.165) is 24.3 Å². The lowest BCUT2D eigenvalue weighted by molar-refractivity contribution is -0.134. The highest BCUT2D eigenvalue weighted by Crippen LogP contribution is 2.06. The molecule has 0 aromatic carbocycles. The monoisotopic (exact) mass is 266 g/mol. The van der Waals surface area contributed by atoms with Crippen LogP contribution in [0.2, 0.25) is 0 Å². The van der Waals surface area contributed by atoms with E-state index in [9.17, 15) is 4.79 Å². The van der Waals surface area contributed by atoms with Crippen molar-refractivity contribution in [3.05, 3.63) is 24.4 Å². The van der Waals surface area contributed by atoms with E-state index in [1.54, 1.807) is 11.0 Å². The zero-order chi connectivity index (χ0) is 14.7. The number of amides is 1. The summed E-state index contributed by atoms with van der Waals surface area (Å²) in [5, 5.41) is 0. The van der Waals surface area contributed by atoms with Gasteiger partial charge in [0.15, 0.2) is 0 Å². The van der Waals surface area contributed by atoms with Crippen LogP contribution in [0, 0.1) is 0 Å². The lowest BCUT2D eigenvalue weighted by Crippen LogP contribution is -2.35. The highest BCUT2D eigenvalue weighted by molar-refractivity contribution is 5.93. The molecule has 0 aliphatic heterocycles. The van der Waals surface area contributed by atoms with Crippen molar-refractivity contribution in [1.29, 1.82) is 0 Å². The molecule has 0 aromatic heterocycles. The van der Waals surface area contributed by atoms with E-state index in [1.807, 2.05) is 13.0 Å². The fourth-order valence-electron chi connectivity index (χ4n) is 1.63. The van der Waals surface area contributed by atoms with E-state index < -0.39 is 0 Å². The number of methoxy groups -OCH3 is 1. The van der Waals surface area contributed by atoms with Crippen molar-refractivity contribution in [3.8, 4) is 0 Å². The molecular formula is C15H26N2O2. The van der Waals surface area contributed by atoms with E-state index in [1.165, 1.54) is 7.11 Å². The summed E-state index contributed by atoms with van der Waals surface area (Å²) < 4.78 is 4.91. The van der Waals surface area contributed by atoms with Crippen LogP contribution in [0.1, 0.15) is 33.6 Å². The van der Waals surface area contributed by atoms with Gasteiger partial charge in [-0.1, -0.05) is 26.5 Å². The van der Waals surface area contributed by atoms with Crippen molar-refractivity contribution >= 4 is 11.6 Å². The van der Waals surface area contributed by atoms with Crippen LogP contribution in [0.15, 0.2) is 29.4 Å². The van der Waals surface area contributed by atoms with Crippen molar-refractivity contribution < 1.29 is 9.53 Å². The molecular weight excluding hydrogens is 240 g/mol. The summed E-state index contributed by atoms with van der Waals surface area (Å²) in [6, 6.07) is 0. The fourth-order valence-corrected chi connectivity index (χ4v) is 1.63. The molecule has 4 nitrogen and oxygen atoms in total. The van der Waals surface area contributed by atoms with Gasteiger partial charge in [0.1, 0.15) is 6.61 Å². The van der Waals surface area contributed by atoms with E-state index >= 15 is 0 Å². The highest BCUT2D eigenvalue weighted by atomic mass is 16.5. The van der Waals surface area contributed by atoms with E-state index in [4.69, 9.17) is 4.74 Å². The molecule has 0 atom stereocenters. The van der Waals surface area contributed by atoms with Crippen molar-refractivity contribution in [1.82, 2.24) is 4.90 Å². The number of allylic oxidation sites excluding steroid dienone is 2. The lowest BCUT2D eigenvalue weighted by Gasteiger charge is -2.22. The highest BCUT2D eigenvalue weighted by Gasteiger charge is 2.13. The van der Waals surface area contributed by atoms with Gasteiger partial charge in [0.05, 0.1) is 12.2 Å². The smallest absolute Gasteiger partial charge is 0.248 e. The van der Waals surface area contributed by atoms with Crippen molar-refractivity contribution in [2.24, 2.45) is 4.99 Å². The Kier molecular flexibility index (Phi) is 9.71. The van der Waals surface area contributed by atoms with Crippen LogP contribution >= 0.6 is 0 Å². The Hall–Kier alpha value is -1.42. The molecule has 0 aliphatic carbocycles. The predicted molar refractivity (Wildman–Crippen MR) is 80.4 cm³/mol. The largest absolute Gasteiger partial charge is 0.375 e. The summed E-state index contributed by atoms with van der Waals surface area (Å²) in [6.45, 7) is 11.1. The third kappa shape index (κ3) is 7.57. The number of rotatable bonds is 9. The first kappa shape index (κ1) is 17.6. The second-order valence-electron chi connectivity index (χ2n) is 4.31. The van der Waals surface area contributed by atoms with Crippen LogP contribution in [-0.2, 0) is 9.53 Å². The quantitative estimate of drug-likeness (QED) is 0.602. The normalized spacial score (nSPS) is 12.4. The number of ether oxygens (including phenoxy) is 1. The number of hydrogen-bond donors (Lipinski definition) is 0. The van der Waals surface area contributed by atoms with Crippen molar-refractivity contribution in [2.45, 2.75) is 33.6 Å². The minimum Gasteiger partial charge on any atom is -0.375 e. The molecule has 0 unspecified atom stereocenters. The van der Waals surface area contributed by atoms with Crippen LogP contribution in [0.5, 0.6) is 0 Å². The molecule has 0 saturated heterocycles. The van der Waals surface area contributed by atoms with Gasteiger partial charge >= 0.3 is 0 Å². The number of carbonyl (C=O) groups is 1. The van der Waals surface area contributed by atoms with E-state index in [2.05, 4.69) is 25.4 Å². The molecule has 0 fully saturated rings. The molecule has 0 bridgehead atoms. The molecule has 0 N–H and O–H groups in total. The van der Waals surface area contributed by atoms with E-state index in [-0.39, 0.29) is 12.5 Å². The molecule has 0 saturated carbocycles. The van der Waals surface area contributed by atoms with Crippen LogP contribution in [0.25, 0.3) is 0 Å². The fraction of sp³-hybridized carbons (Fsp3) is 0.600. The van der Waals surface area contributed by atoms with E-state index in [0.29, 0.717) is 13.1 Å². The Morgan fingerprint density at radius 1 is 1.42 bits per heavy atom. The van der Waals surface area contributed by atoms with Crippen LogP contribution < -0.4 is 0 Å². The van der Waals surface area contributed by atoms with Crippen molar-refractivity contribution in [3.63, 3.8) is 0 Å². The van der Waals surface area contributed by atoms with Gasteiger partial charge in [-0.25, -0.2) is 0 Å². The molecule has 0 spiro atoms. The first-order valence-electron chi connectivity index (χ1n) is 6.72. The summed E-state index contributed by atoms with van der Waals surface area (Å²) >= 11 is 0. The Bertz CT molecular complexity index is 346. The zero-order valence-electron chi connectivity index (χ0n) is 12.6. The summed E-state index contributed by atoms with van der Waals surface area (Å²) in [5.74, 6) is -0.00203. The standard InChI is InChI=1S/C15H26N2O2/c1-6-9-14(16-13(4)8-3)11-17(10-7-2)15(18)12-19-5/h8-9H,3,6-7,10-12H2,1-2,4-5H3/b14-9-,16-13?.